The molecule has 0 aliphatic carbocycles. The molecular weight excluding hydrogens is 362 g/mol. The van der Waals surface area contributed by atoms with E-state index in [1.165, 1.54) is 0 Å². The van der Waals surface area contributed by atoms with E-state index in [0.29, 0.717) is 12.1 Å². The van der Waals surface area contributed by atoms with Crippen LogP contribution in [0.3, 0.4) is 0 Å². The Balaban J connectivity index is 1.55. The summed E-state index contributed by atoms with van der Waals surface area (Å²) in [6.07, 6.45) is 0. The Morgan fingerprint density at radius 1 is 0.897 bits per heavy atom. The molecule has 0 unspecified atom stereocenters. The zero-order chi connectivity index (χ0) is 20.5. The number of hydrogen-bond donors (Lipinski definition) is 1. The number of para-hydroxylation sites is 1. The summed E-state index contributed by atoms with van der Waals surface area (Å²) in [4.78, 5) is 21.8. The van der Waals surface area contributed by atoms with Crippen molar-refractivity contribution < 1.29 is 4.79 Å². The third-order valence-electron chi connectivity index (χ3n) is 5.21. The molecule has 2 aromatic carbocycles. The van der Waals surface area contributed by atoms with Gasteiger partial charge in [-0.15, -0.1) is 0 Å². The monoisotopic (exact) mass is 385 g/mol. The van der Waals surface area contributed by atoms with Crippen molar-refractivity contribution in [2.45, 2.75) is 34.2 Å². The van der Waals surface area contributed by atoms with Crippen molar-refractivity contribution in [1.82, 2.24) is 25.1 Å². The maximum atomic E-state index is 12.7. The van der Waals surface area contributed by atoms with Gasteiger partial charge in [-0.2, -0.15) is 5.10 Å². The molecule has 6 heteroatoms. The van der Waals surface area contributed by atoms with Crippen LogP contribution in [0.25, 0.3) is 16.7 Å². The van der Waals surface area contributed by atoms with Crippen LogP contribution < -0.4 is 5.32 Å². The fourth-order valence-electron chi connectivity index (χ4n) is 3.39. The maximum absolute atomic E-state index is 12.7. The van der Waals surface area contributed by atoms with Gasteiger partial charge in [-0.05, 0) is 58.0 Å². The SMILES string of the molecule is Cc1nc2ccc(C(=O)NCc3c(C)nn(-c4ccccc4)c3C)cc2nc1C. The number of carbonyl (C=O) groups excluding carboxylic acids is 1. The highest BCUT2D eigenvalue weighted by Crippen LogP contribution is 2.18. The van der Waals surface area contributed by atoms with Crippen LogP contribution in [-0.4, -0.2) is 25.7 Å². The molecule has 0 radical (unpaired) electrons. The highest BCUT2D eigenvalue weighted by Gasteiger charge is 2.15. The standard InChI is InChI=1S/C23H23N5O/c1-14-15(2)26-22-12-18(10-11-21(22)25-14)23(29)24-13-20-16(3)27-28(17(20)4)19-8-6-5-7-9-19/h5-12H,13H2,1-4H3,(H,24,29). The van der Waals surface area contributed by atoms with Crippen molar-refractivity contribution in [3.8, 4) is 5.69 Å². The van der Waals surface area contributed by atoms with Crippen molar-refractivity contribution in [2.75, 3.05) is 0 Å². The Bertz CT molecular complexity index is 1210. The first kappa shape index (κ1) is 18.8. The Labute approximate surface area is 169 Å². The number of hydrogen-bond acceptors (Lipinski definition) is 4. The second-order valence-electron chi connectivity index (χ2n) is 7.18. The summed E-state index contributed by atoms with van der Waals surface area (Å²) in [6, 6.07) is 15.4. The van der Waals surface area contributed by atoms with Crippen LogP contribution in [0.5, 0.6) is 0 Å². The second-order valence-corrected chi connectivity index (χ2v) is 7.18. The van der Waals surface area contributed by atoms with Crippen molar-refractivity contribution in [2.24, 2.45) is 0 Å². The van der Waals surface area contributed by atoms with Gasteiger partial charge in [-0.3, -0.25) is 4.79 Å². The predicted octanol–water partition coefficient (Wildman–Crippen LogP) is 3.98. The number of aryl methyl sites for hydroxylation is 3. The van der Waals surface area contributed by atoms with Gasteiger partial charge < -0.3 is 5.32 Å². The molecular formula is C23H23N5O. The van der Waals surface area contributed by atoms with E-state index in [1.807, 2.05) is 68.8 Å². The number of amides is 1. The lowest BCUT2D eigenvalue weighted by atomic mass is 10.1. The van der Waals surface area contributed by atoms with Crippen LogP contribution in [0.2, 0.25) is 0 Å². The molecule has 0 atom stereocenters. The molecule has 2 heterocycles. The van der Waals surface area contributed by atoms with Crippen LogP contribution in [0.15, 0.2) is 48.5 Å². The summed E-state index contributed by atoms with van der Waals surface area (Å²) in [5.41, 5.74) is 7.81. The summed E-state index contributed by atoms with van der Waals surface area (Å²) in [6.45, 7) is 8.25. The molecule has 1 amide bonds. The van der Waals surface area contributed by atoms with Gasteiger partial charge in [0.25, 0.3) is 5.91 Å². The maximum Gasteiger partial charge on any atom is 0.251 e. The molecule has 0 spiro atoms. The van der Waals surface area contributed by atoms with Crippen LogP contribution >= 0.6 is 0 Å². The van der Waals surface area contributed by atoms with Crippen LogP contribution in [-0.2, 0) is 6.54 Å². The Morgan fingerprint density at radius 2 is 1.59 bits per heavy atom. The highest BCUT2D eigenvalue weighted by molar-refractivity contribution is 5.97. The van der Waals surface area contributed by atoms with Crippen molar-refractivity contribution >= 4 is 16.9 Å². The first-order chi connectivity index (χ1) is 13.9. The van der Waals surface area contributed by atoms with Crippen LogP contribution in [0.1, 0.15) is 38.7 Å². The molecule has 0 aliphatic heterocycles. The lowest BCUT2D eigenvalue weighted by Gasteiger charge is -2.08. The van der Waals surface area contributed by atoms with Gasteiger partial charge in [-0.1, -0.05) is 18.2 Å². The fraction of sp³-hybridized carbons (Fsp3) is 0.217. The largest absolute Gasteiger partial charge is 0.348 e. The molecule has 0 fully saturated rings. The van der Waals surface area contributed by atoms with E-state index in [-0.39, 0.29) is 5.91 Å². The smallest absolute Gasteiger partial charge is 0.251 e. The number of aromatic nitrogens is 4. The minimum absolute atomic E-state index is 0.141. The molecule has 0 saturated heterocycles. The average molecular weight is 385 g/mol. The van der Waals surface area contributed by atoms with E-state index < -0.39 is 0 Å². The molecule has 4 aromatic rings. The van der Waals surface area contributed by atoms with E-state index in [4.69, 9.17) is 0 Å². The first-order valence-electron chi connectivity index (χ1n) is 9.58. The third kappa shape index (κ3) is 3.61. The fourth-order valence-corrected chi connectivity index (χ4v) is 3.39. The lowest BCUT2D eigenvalue weighted by molar-refractivity contribution is 0.0951. The number of fused-ring (bicyclic) bond motifs is 1. The van der Waals surface area contributed by atoms with Gasteiger partial charge in [-0.25, -0.2) is 14.6 Å². The molecule has 2 aromatic heterocycles. The lowest BCUT2D eigenvalue weighted by Crippen LogP contribution is -2.23. The minimum atomic E-state index is -0.141. The van der Waals surface area contributed by atoms with Gasteiger partial charge >= 0.3 is 0 Å². The summed E-state index contributed by atoms with van der Waals surface area (Å²) in [7, 11) is 0. The number of rotatable bonds is 4. The van der Waals surface area contributed by atoms with E-state index >= 15 is 0 Å². The van der Waals surface area contributed by atoms with Gasteiger partial charge in [0.2, 0.25) is 0 Å². The van der Waals surface area contributed by atoms with Crippen molar-refractivity contribution in [3.05, 3.63) is 82.4 Å². The van der Waals surface area contributed by atoms with Gasteiger partial charge in [0, 0.05) is 23.4 Å². The summed E-state index contributed by atoms with van der Waals surface area (Å²) in [5, 5.41) is 7.65. The number of nitrogens with zero attached hydrogens (tertiary/aromatic N) is 4. The minimum Gasteiger partial charge on any atom is -0.348 e. The summed E-state index contributed by atoms with van der Waals surface area (Å²) >= 11 is 0. The molecule has 0 aliphatic rings. The zero-order valence-corrected chi connectivity index (χ0v) is 17.0. The molecule has 0 saturated carbocycles. The molecule has 1 N–H and O–H groups in total. The molecule has 0 bridgehead atoms. The number of nitrogens with one attached hydrogen (secondary N) is 1. The first-order valence-corrected chi connectivity index (χ1v) is 9.58. The van der Waals surface area contributed by atoms with Gasteiger partial charge in [0.1, 0.15) is 0 Å². The normalized spacial score (nSPS) is 11.0. The second kappa shape index (κ2) is 7.47. The Hall–Kier alpha value is -3.54. The van der Waals surface area contributed by atoms with Crippen molar-refractivity contribution in [3.63, 3.8) is 0 Å². The topological polar surface area (TPSA) is 72.7 Å². The van der Waals surface area contributed by atoms with E-state index in [1.54, 1.807) is 12.1 Å². The quantitative estimate of drug-likeness (QED) is 0.577. The third-order valence-corrected chi connectivity index (χ3v) is 5.21. The van der Waals surface area contributed by atoms with E-state index in [2.05, 4.69) is 20.4 Å². The average Bonchev–Trinajstić information content (AvgIpc) is 3.01. The predicted molar refractivity (Wildman–Crippen MR) is 113 cm³/mol. The van der Waals surface area contributed by atoms with Crippen molar-refractivity contribution in [1.29, 1.82) is 0 Å². The molecule has 29 heavy (non-hydrogen) atoms. The highest BCUT2D eigenvalue weighted by atomic mass is 16.1. The number of benzene rings is 2. The molecule has 146 valence electrons. The Kier molecular flexibility index (Phi) is 4.84. The molecule has 4 rings (SSSR count). The van der Waals surface area contributed by atoms with Crippen LogP contribution in [0, 0.1) is 27.7 Å². The number of carbonyl (C=O) groups is 1. The van der Waals surface area contributed by atoms with Gasteiger partial charge in [0.15, 0.2) is 0 Å². The van der Waals surface area contributed by atoms with Gasteiger partial charge in [0.05, 0.1) is 33.8 Å². The molecule has 6 nitrogen and oxygen atoms in total. The Morgan fingerprint density at radius 3 is 2.31 bits per heavy atom. The summed E-state index contributed by atoms with van der Waals surface area (Å²) < 4.78 is 1.91. The summed E-state index contributed by atoms with van der Waals surface area (Å²) in [5.74, 6) is -0.141. The zero-order valence-electron chi connectivity index (χ0n) is 17.0. The van der Waals surface area contributed by atoms with E-state index in [9.17, 15) is 4.79 Å². The van der Waals surface area contributed by atoms with Crippen LogP contribution in [0.4, 0.5) is 0 Å². The van der Waals surface area contributed by atoms with E-state index in [0.717, 1.165) is 45.1 Å².